The fourth-order valence-electron chi connectivity index (χ4n) is 2.83. The van der Waals surface area contributed by atoms with Crippen LogP contribution in [-0.4, -0.2) is 27.0 Å². The zero-order valence-electron chi connectivity index (χ0n) is 14.5. The molecule has 0 atom stereocenters. The van der Waals surface area contributed by atoms with Crippen molar-refractivity contribution in [3.05, 3.63) is 58.7 Å². The van der Waals surface area contributed by atoms with Crippen molar-refractivity contribution in [2.45, 2.75) is 25.7 Å². The summed E-state index contributed by atoms with van der Waals surface area (Å²) in [6.45, 7) is 0. The number of nitrogens with two attached hydrogens (primary N) is 1. The lowest BCUT2D eigenvalue weighted by Crippen LogP contribution is -2.11. The predicted molar refractivity (Wildman–Crippen MR) is 104 cm³/mol. The molecule has 3 rings (SSSR count). The molecule has 6 nitrogen and oxygen atoms in total. The summed E-state index contributed by atoms with van der Waals surface area (Å²) in [5.41, 5.74) is 9.30. The lowest BCUT2D eigenvalue weighted by atomic mass is 10.0. The van der Waals surface area contributed by atoms with Gasteiger partial charge in [0, 0.05) is 22.6 Å². The van der Waals surface area contributed by atoms with Gasteiger partial charge in [-0.05, 0) is 49.6 Å². The number of hydrogen-bond acceptors (Lipinski definition) is 4. The fourth-order valence-corrected chi connectivity index (χ4v) is 2.95. The molecule has 0 spiro atoms. The highest BCUT2D eigenvalue weighted by Gasteiger charge is 2.13. The van der Waals surface area contributed by atoms with E-state index in [1.807, 2.05) is 12.1 Å². The SMILES string of the molecule is NC(=O)c1ccc2nc(-c3ccc(Cl)cc3)c(CCCCC(=O)O)nc2c1. The highest BCUT2D eigenvalue weighted by Crippen LogP contribution is 2.26. The number of halogens is 1. The Balaban J connectivity index is 2.02. The van der Waals surface area contributed by atoms with Crippen molar-refractivity contribution < 1.29 is 14.7 Å². The van der Waals surface area contributed by atoms with Crippen LogP contribution in [-0.2, 0) is 11.2 Å². The van der Waals surface area contributed by atoms with E-state index in [9.17, 15) is 9.59 Å². The van der Waals surface area contributed by atoms with Crippen molar-refractivity contribution in [1.29, 1.82) is 0 Å². The summed E-state index contributed by atoms with van der Waals surface area (Å²) in [5.74, 6) is -1.34. The summed E-state index contributed by atoms with van der Waals surface area (Å²) < 4.78 is 0. The van der Waals surface area contributed by atoms with E-state index in [4.69, 9.17) is 27.4 Å². The van der Waals surface area contributed by atoms with E-state index in [0.29, 0.717) is 40.9 Å². The summed E-state index contributed by atoms with van der Waals surface area (Å²) >= 11 is 5.98. The number of aromatic nitrogens is 2. The van der Waals surface area contributed by atoms with Gasteiger partial charge in [0.2, 0.25) is 5.91 Å². The summed E-state index contributed by atoms with van der Waals surface area (Å²) in [6.07, 6.45) is 1.91. The average molecular weight is 384 g/mol. The van der Waals surface area contributed by atoms with Gasteiger partial charge in [0.25, 0.3) is 0 Å². The van der Waals surface area contributed by atoms with Gasteiger partial charge in [0.1, 0.15) is 0 Å². The number of rotatable bonds is 7. The van der Waals surface area contributed by atoms with Crippen molar-refractivity contribution in [3.8, 4) is 11.3 Å². The number of nitrogens with zero attached hydrogens (tertiary/aromatic N) is 2. The highest BCUT2D eigenvalue weighted by atomic mass is 35.5. The van der Waals surface area contributed by atoms with E-state index in [-0.39, 0.29) is 6.42 Å². The largest absolute Gasteiger partial charge is 0.481 e. The van der Waals surface area contributed by atoms with Crippen LogP contribution < -0.4 is 5.73 Å². The quantitative estimate of drug-likeness (QED) is 0.603. The Morgan fingerprint density at radius 2 is 1.74 bits per heavy atom. The van der Waals surface area contributed by atoms with Crippen LogP contribution in [0, 0.1) is 0 Å². The van der Waals surface area contributed by atoms with Gasteiger partial charge in [0.15, 0.2) is 0 Å². The number of fused-ring (bicyclic) bond motifs is 1. The summed E-state index contributed by atoms with van der Waals surface area (Å²) in [7, 11) is 0. The molecule has 0 unspecified atom stereocenters. The molecule has 0 bridgehead atoms. The van der Waals surface area contributed by atoms with Crippen LogP contribution in [0.15, 0.2) is 42.5 Å². The smallest absolute Gasteiger partial charge is 0.303 e. The van der Waals surface area contributed by atoms with Crippen LogP contribution in [0.5, 0.6) is 0 Å². The first kappa shape index (κ1) is 18.8. The Kier molecular flexibility index (Phi) is 5.66. The molecule has 1 aromatic heterocycles. The van der Waals surface area contributed by atoms with Crippen LogP contribution in [0.3, 0.4) is 0 Å². The van der Waals surface area contributed by atoms with Crippen molar-refractivity contribution in [3.63, 3.8) is 0 Å². The van der Waals surface area contributed by atoms with E-state index < -0.39 is 11.9 Å². The first-order valence-electron chi connectivity index (χ1n) is 8.52. The van der Waals surface area contributed by atoms with Crippen molar-refractivity contribution in [1.82, 2.24) is 9.97 Å². The second kappa shape index (κ2) is 8.14. The first-order chi connectivity index (χ1) is 12.9. The lowest BCUT2D eigenvalue weighted by molar-refractivity contribution is -0.137. The predicted octanol–water partition coefficient (Wildman–Crippen LogP) is 3.85. The Hall–Kier alpha value is -2.99. The molecular formula is C20H18ClN3O3. The number of hydrogen-bond donors (Lipinski definition) is 2. The lowest BCUT2D eigenvalue weighted by Gasteiger charge is -2.11. The molecule has 1 heterocycles. The Bertz CT molecular complexity index is 1000. The molecule has 138 valence electrons. The monoisotopic (exact) mass is 383 g/mol. The molecule has 27 heavy (non-hydrogen) atoms. The number of carbonyl (C=O) groups is 2. The van der Waals surface area contributed by atoms with E-state index in [1.165, 1.54) is 0 Å². The number of carboxylic acid groups (broad SMARTS) is 1. The topological polar surface area (TPSA) is 106 Å². The Morgan fingerprint density at radius 3 is 2.41 bits per heavy atom. The maximum absolute atomic E-state index is 11.4. The molecule has 3 N–H and O–H groups in total. The summed E-state index contributed by atoms with van der Waals surface area (Å²) in [4.78, 5) is 31.6. The Morgan fingerprint density at radius 1 is 1.00 bits per heavy atom. The Labute approximate surface area is 161 Å². The zero-order valence-corrected chi connectivity index (χ0v) is 15.2. The molecule has 0 saturated carbocycles. The number of carboxylic acids is 1. The first-order valence-corrected chi connectivity index (χ1v) is 8.90. The second-order valence-corrected chi connectivity index (χ2v) is 6.63. The molecule has 0 radical (unpaired) electrons. The number of benzene rings is 2. The average Bonchev–Trinajstić information content (AvgIpc) is 2.64. The molecule has 0 aliphatic rings. The van der Waals surface area contributed by atoms with Crippen molar-refractivity contribution in [2.24, 2.45) is 5.73 Å². The third-order valence-electron chi connectivity index (χ3n) is 4.19. The molecule has 0 saturated heterocycles. The third-order valence-corrected chi connectivity index (χ3v) is 4.44. The normalized spacial score (nSPS) is 10.9. The van der Waals surface area contributed by atoms with Gasteiger partial charge in [-0.2, -0.15) is 0 Å². The molecule has 0 aliphatic carbocycles. The van der Waals surface area contributed by atoms with Crippen molar-refractivity contribution in [2.75, 3.05) is 0 Å². The number of unbranched alkanes of at least 4 members (excludes halogenated alkanes) is 1. The second-order valence-electron chi connectivity index (χ2n) is 6.19. The molecule has 0 aliphatic heterocycles. The zero-order chi connectivity index (χ0) is 19.4. The maximum Gasteiger partial charge on any atom is 0.303 e. The fraction of sp³-hybridized carbons (Fsp3) is 0.200. The molecule has 0 fully saturated rings. The van der Waals surface area contributed by atoms with Gasteiger partial charge in [-0.3, -0.25) is 9.59 Å². The standard InChI is InChI=1S/C20H18ClN3O3/c21-14-8-5-12(6-9-14)19-16(3-1-2-4-18(25)26)23-17-11-13(20(22)27)7-10-15(17)24-19/h5-11H,1-4H2,(H2,22,27)(H,25,26). The van der Waals surface area contributed by atoms with Gasteiger partial charge < -0.3 is 10.8 Å². The van der Waals surface area contributed by atoms with Gasteiger partial charge in [-0.25, -0.2) is 9.97 Å². The highest BCUT2D eigenvalue weighted by molar-refractivity contribution is 6.30. The summed E-state index contributed by atoms with van der Waals surface area (Å²) in [6, 6.07) is 12.3. The molecule has 3 aromatic rings. The summed E-state index contributed by atoms with van der Waals surface area (Å²) in [5, 5.41) is 9.44. The van der Waals surface area contributed by atoms with Gasteiger partial charge in [-0.15, -0.1) is 0 Å². The molecule has 7 heteroatoms. The van der Waals surface area contributed by atoms with Crippen LogP contribution in [0.1, 0.15) is 35.3 Å². The van der Waals surface area contributed by atoms with E-state index in [1.54, 1.807) is 30.3 Å². The minimum absolute atomic E-state index is 0.114. The van der Waals surface area contributed by atoms with Gasteiger partial charge in [0.05, 0.1) is 22.4 Å². The molecule has 2 aromatic carbocycles. The minimum atomic E-state index is -0.816. The number of aryl methyl sites for hydroxylation is 1. The van der Waals surface area contributed by atoms with E-state index in [0.717, 1.165) is 17.0 Å². The number of amides is 1. The van der Waals surface area contributed by atoms with E-state index >= 15 is 0 Å². The van der Waals surface area contributed by atoms with Crippen molar-refractivity contribution >= 4 is 34.5 Å². The number of aliphatic carboxylic acids is 1. The maximum atomic E-state index is 11.4. The number of primary amides is 1. The van der Waals surface area contributed by atoms with Crippen LogP contribution in [0.25, 0.3) is 22.3 Å². The minimum Gasteiger partial charge on any atom is -0.481 e. The van der Waals surface area contributed by atoms with E-state index in [2.05, 4.69) is 4.98 Å². The number of carbonyl (C=O) groups excluding carboxylic acids is 1. The molecular weight excluding hydrogens is 366 g/mol. The van der Waals surface area contributed by atoms with Crippen LogP contribution in [0.2, 0.25) is 5.02 Å². The van der Waals surface area contributed by atoms with Crippen LogP contribution >= 0.6 is 11.6 Å². The van der Waals surface area contributed by atoms with Gasteiger partial charge in [-0.1, -0.05) is 23.7 Å². The third kappa shape index (κ3) is 4.60. The molecule has 1 amide bonds. The van der Waals surface area contributed by atoms with Crippen LogP contribution in [0.4, 0.5) is 0 Å². The van der Waals surface area contributed by atoms with Gasteiger partial charge >= 0.3 is 5.97 Å².